The minimum absolute atomic E-state index is 0.201. The Morgan fingerprint density at radius 1 is 1.37 bits per heavy atom. The van der Waals surface area contributed by atoms with Crippen LogP contribution in [0.2, 0.25) is 5.02 Å². The highest BCUT2D eigenvalue weighted by Crippen LogP contribution is 2.18. The summed E-state index contributed by atoms with van der Waals surface area (Å²) in [6.07, 6.45) is 6.66. The van der Waals surface area contributed by atoms with E-state index in [-0.39, 0.29) is 12.5 Å². The smallest absolute Gasteiger partial charge is 0.0521 e. The third kappa shape index (κ3) is 4.37. The summed E-state index contributed by atoms with van der Waals surface area (Å²) >= 11 is 5.97. The largest absolute Gasteiger partial charge is 0.396 e. The predicted molar refractivity (Wildman–Crippen MR) is 77.3 cm³/mol. The van der Waals surface area contributed by atoms with Gasteiger partial charge >= 0.3 is 0 Å². The fraction of sp³-hybridized carbons (Fsp3) is 0.400. The third-order valence-corrected chi connectivity index (χ3v) is 3.51. The molecule has 1 atom stereocenters. The van der Waals surface area contributed by atoms with Crippen molar-refractivity contribution >= 4 is 11.6 Å². The highest BCUT2D eigenvalue weighted by Gasteiger charge is 2.10. The third-order valence-electron chi connectivity index (χ3n) is 3.27. The second kappa shape index (κ2) is 6.73. The lowest BCUT2D eigenvalue weighted by atomic mass is 9.94. The number of benzene rings is 1. The van der Waals surface area contributed by atoms with E-state index in [1.807, 2.05) is 37.6 Å². The summed E-state index contributed by atoms with van der Waals surface area (Å²) < 4.78 is 1.81. The Morgan fingerprint density at radius 2 is 2.21 bits per heavy atom. The Morgan fingerprint density at radius 3 is 2.84 bits per heavy atom. The molecule has 0 aliphatic carbocycles. The molecule has 0 bridgehead atoms. The number of aryl methyl sites for hydroxylation is 2. The number of halogens is 1. The lowest BCUT2D eigenvalue weighted by Gasteiger charge is -2.13. The van der Waals surface area contributed by atoms with Crippen molar-refractivity contribution in [3.05, 3.63) is 52.8 Å². The van der Waals surface area contributed by atoms with Crippen molar-refractivity contribution in [1.82, 2.24) is 9.78 Å². The van der Waals surface area contributed by atoms with Crippen LogP contribution in [0, 0.1) is 5.92 Å². The second-order valence-electron chi connectivity index (χ2n) is 4.94. The van der Waals surface area contributed by atoms with Gasteiger partial charge in [0.1, 0.15) is 0 Å². The van der Waals surface area contributed by atoms with Crippen LogP contribution >= 0.6 is 11.6 Å². The van der Waals surface area contributed by atoms with Gasteiger partial charge in [0.25, 0.3) is 0 Å². The molecule has 0 spiro atoms. The van der Waals surface area contributed by atoms with Crippen molar-refractivity contribution in [1.29, 1.82) is 0 Å². The Labute approximate surface area is 118 Å². The van der Waals surface area contributed by atoms with E-state index < -0.39 is 0 Å². The number of aliphatic hydroxyl groups is 1. The first-order valence-electron chi connectivity index (χ1n) is 6.50. The van der Waals surface area contributed by atoms with E-state index >= 15 is 0 Å². The van der Waals surface area contributed by atoms with Gasteiger partial charge in [0.2, 0.25) is 0 Å². The molecule has 0 fully saturated rings. The number of nitrogens with zero attached hydrogens (tertiary/aromatic N) is 2. The van der Waals surface area contributed by atoms with Gasteiger partial charge in [-0.15, -0.1) is 0 Å². The summed E-state index contributed by atoms with van der Waals surface area (Å²) in [6.45, 7) is 0.201. The van der Waals surface area contributed by atoms with E-state index in [4.69, 9.17) is 11.6 Å². The highest BCUT2D eigenvalue weighted by atomic mass is 35.5. The summed E-state index contributed by atoms with van der Waals surface area (Å²) in [6, 6.07) is 7.84. The van der Waals surface area contributed by atoms with Gasteiger partial charge < -0.3 is 5.11 Å². The second-order valence-corrected chi connectivity index (χ2v) is 5.38. The molecule has 0 radical (unpaired) electrons. The molecule has 0 aliphatic heterocycles. The zero-order valence-electron chi connectivity index (χ0n) is 11.1. The van der Waals surface area contributed by atoms with Gasteiger partial charge in [0, 0.05) is 24.9 Å². The van der Waals surface area contributed by atoms with E-state index in [1.165, 1.54) is 11.1 Å². The number of aromatic nitrogens is 2. The molecule has 0 saturated heterocycles. The van der Waals surface area contributed by atoms with E-state index in [0.29, 0.717) is 0 Å². The van der Waals surface area contributed by atoms with Gasteiger partial charge in [-0.05, 0) is 48.4 Å². The predicted octanol–water partition coefficient (Wildman–Crippen LogP) is 2.86. The average Bonchev–Trinajstić information content (AvgIpc) is 2.80. The summed E-state index contributed by atoms with van der Waals surface area (Å²) in [4.78, 5) is 0. The Hall–Kier alpha value is -1.32. The van der Waals surface area contributed by atoms with Gasteiger partial charge in [0.15, 0.2) is 0 Å². The molecular weight excluding hydrogens is 260 g/mol. The number of hydrogen-bond donors (Lipinski definition) is 1. The van der Waals surface area contributed by atoms with Crippen LogP contribution in [0.3, 0.4) is 0 Å². The normalized spacial score (nSPS) is 12.6. The van der Waals surface area contributed by atoms with Crippen molar-refractivity contribution in [2.24, 2.45) is 13.0 Å². The zero-order chi connectivity index (χ0) is 13.7. The van der Waals surface area contributed by atoms with Crippen LogP contribution < -0.4 is 0 Å². The number of rotatable bonds is 6. The minimum Gasteiger partial charge on any atom is -0.396 e. The fourth-order valence-corrected chi connectivity index (χ4v) is 2.44. The molecule has 0 saturated carbocycles. The maximum Gasteiger partial charge on any atom is 0.0521 e. The van der Waals surface area contributed by atoms with Crippen LogP contribution in [0.15, 0.2) is 36.7 Å². The first kappa shape index (κ1) is 14.1. The van der Waals surface area contributed by atoms with E-state index in [2.05, 4.69) is 11.2 Å². The molecule has 1 aromatic heterocycles. The average molecular weight is 279 g/mol. The Kier molecular flexibility index (Phi) is 5.00. The lowest BCUT2D eigenvalue weighted by molar-refractivity contribution is 0.218. The molecule has 102 valence electrons. The number of aliphatic hydroxyl groups excluding tert-OH is 1. The standard InChI is InChI=1S/C15H19ClN2O/c1-18-10-14(9-17-18)6-5-13(11-19)7-12-3-2-4-15(16)8-12/h2-4,8-10,13,19H,5-7,11H2,1H3. The molecule has 2 aromatic rings. The number of hydrogen-bond acceptors (Lipinski definition) is 2. The molecule has 19 heavy (non-hydrogen) atoms. The molecule has 0 aliphatic rings. The maximum atomic E-state index is 9.49. The van der Waals surface area contributed by atoms with Crippen LogP contribution in [-0.2, 0) is 19.9 Å². The van der Waals surface area contributed by atoms with Crippen molar-refractivity contribution in [2.75, 3.05) is 6.61 Å². The molecular formula is C15H19ClN2O. The molecule has 1 unspecified atom stereocenters. The van der Waals surface area contributed by atoms with Crippen molar-refractivity contribution in [3.63, 3.8) is 0 Å². The molecule has 1 N–H and O–H groups in total. The topological polar surface area (TPSA) is 38.0 Å². The van der Waals surface area contributed by atoms with Gasteiger partial charge in [-0.1, -0.05) is 23.7 Å². The van der Waals surface area contributed by atoms with Crippen LogP contribution in [0.4, 0.5) is 0 Å². The van der Waals surface area contributed by atoms with Gasteiger partial charge in [-0.2, -0.15) is 5.10 Å². The van der Waals surface area contributed by atoms with Crippen LogP contribution in [-0.4, -0.2) is 21.5 Å². The van der Waals surface area contributed by atoms with Crippen LogP contribution in [0.5, 0.6) is 0 Å². The first-order chi connectivity index (χ1) is 9.17. The van der Waals surface area contributed by atoms with Crippen LogP contribution in [0.25, 0.3) is 0 Å². The van der Waals surface area contributed by atoms with Crippen molar-refractivity contribution < 1.29 is 5.11 Å². The SMILES string of the molecule is Cn1cc(CCC(CO)Cc2cccc(Cl)c2)cn1. The fourth-order valence-electron chi connectivity index (χ4n) is 2.23. The molecule has 2 rings (SSSR count). The highest BCUT2D eigenvalue weighted by molar-refractivity contribution is 6.30. The summed E-state index contributed by atoms with van der Waals surface area (Å²) in [5.41, 5.74) is 2.39. The van der Waals surface area contributed by atoms with E-state index in [0.717, 1.165) is 24.3 Å². The first-order valence-corrected chi connectivity index (χ1v) is 6.88. The molecule has 1 aromatic carbocycles. The summed E-state index contributed by atoms with van der Waals surface area (Å²) in [7, 11) is 1.92. The van der Waals surface area contributed by atoms with Crippen LogP contribution in [0.1, 0.15) is 17.5 Å². The van der Waals surface area contributed by atoms with Gasteiger partial charge in [0.05, 0.1) is 6.20 Å². The lowest BCUT2D eigenvalue weighted by Crippen LogP contribution is -2.10. The molecule has 1 heterocycles. The summed E-state index contributed by atoms with van der Waals surface area (Å²) in [5.74, 6) is 0.263. The van der Waals surface area contributed by atoms with Gasteiger partial charge in [-0.25, -0.2) is 0 Å². The summed E-state index contributed by atoms with van der Waals surface area (Å²) in [5, 5.41) is 14.4. The minimum atomic E-state index is 0.201. The molecule has 4 heteroatoms. The van der Waals surface area contributed by atoms with E-state index in [9.17, 15) is 5.11 Å². The zero-order valence-corrected chi connectivity index (χ0v) is 11.8. The Balaban J connectivity index is 1.89. The molecule has 0 amide bonds. The quantitative estimate of drug-likeness (QED) is 0.882. The van der Waals surface area contributed by atoms with Crippen molar-refractivity contribution in [2.45, 2.75) is 19.3 Å². The monoisotopic (exact) mass is 278 g/mol. The Bertz CT molecular complexity index is 524. The van der Waals surface area contributed by atoms with E-state index in [1.54, 1.807) is 4.68 Å². The maximum absolute atomic E-state index is 9.49. The molecule has 3 nitrogen and oxygen atoms in total. The van der Waals surface area contributed by atoms with Crippen molar-refractivity contribution in [3.8, 4) is 0 Å². The van der Waals surface area contributed by atoms with Gasteiger partial charge in [-0.3, -0.25) is 4.68 Å².